The van der Waals surface area contributed by atoms with E-state index < -0.39 is 0 Å². The Morgan fingerprint density at radius 2 is 2.00 bits per heavy atom. The molecule has 1 fully saturated rings. The first-order valence-electron chi connectivity index (χ1n) is 10.0. The second-order valence-electron chi connectivity index (χ2n) is 7.49. The van der Waals surface area contributed by atoms with Gasteiger partial charge in [0.25, 0.3) is 0 Å². The minimum Gasteiger partial charge on any atom is -0.349 e. The van der Waals surface area contributed by atoms with Gasteiger partial charge in [-0.2, -0.15) is 0 Å². The Kier molecular flexibility index (Phi) is 6.34. The number of hydrogen-bond acceptors (Lipinski definition) is 2. The average Bonchev–Trinajstić information content (AvgIpc) is 3.49. The predicted molar refractivity (Wildman–Crippen MR) is 113 cm³/mol. The molecule has 1 heterocycles. The van der Waals surface area contributed by atoms with Crippen molar-refractivity contribution in [2.75, 3.05) is 5.32 Å². The van der Waals surface area contributed by atoms with Gasteiger partial charge in [0.05, 0.1) is 0 Å². The molecule has 1 aliphatic carbocycles. The maximum absolute atomic E-state index is 12.2. The first kappa shape index (κ1) is 19.9. The van der Waals surface area contributed by atoms with Gasteiger partial charge in [0.1, 0.15) is 0 Å². The predicted octanol–water partition coefficient (Wildman–Crippen LogP) is 4.19. The second-order valence-corrected chi connectivity index (χ2v) is 7.49. The van der Waals surface area contributed by atoms with Crippen LogP contribution in [-0.2, 0) is 22.7 Å². The zero-order valence-corrected chi connectivity index (χ0v) is 16.9. The molecule has 2 N–H and O–H groups in total. The standard InChI is InChI=1S/C23H29N3O2/c1-4-12-26-16(2)13-20(17(26)3)10-11-22(27)24-15-18-6-5-7-21(14-18)25-23(28)19-8-9-19/h5-7,10-11,13-14,19H,4,8-9,12,15H2,1-3H3,(H,24,27)(H,25,28). The summed E-state index contributed by atoms with van der Waals surface area (Å²) in [4.78, 5) is 24.1. The van der Waals surface area contributed by atoms with Crippen molar-refractivity contribution in [1.29, 1.82) is 0 Å². The normalized spacial score (nSPS) is 13.7. The lowest BCUT2D eigenvalue weighted by molar-refractivity contribution is -0.117. The number of nitrogens with one attached hydrogen (secondary N) is 2. The zero-order chi connectivity index (χ0) is 20.1. The Hall–Kier alpha value is -2.82. The van der Waals surface area contributed by atoms with E-state index in [0.717, 1.165) is 42.6 Å². The summed E-state index contributed by atoms with van der Waals surface area (Å²) in [6.07, 6.45) is 6.50. The van der Waals surface area contributed by atoms with E-state index in [9.17, 15) is 9.59 Å². The quantitative estimate of drug-likeness (QED) is 0.676. The lowest BCUT2D eigenvalue weighted by Gasteiger charge is -2.08. The molecule has 0 aliphatic heterocycles. The largest absolute Gasteiger partial charge is 0.349 e. The molecule has 1 aromatic heterocycles. The van der Waals surface area contributed by atoms with Crippen LogP contribution in [0.3, 0.4) is 0 Å². The molecule has 5 heteroatoms. The Balaban J connectivity index is 1.55. The van der Waals surface area contributed by atoms with E-state index >= 15 is 0 Å². The fraction of sp³-hybridized carbons (Fsp3) is 0.391. The Labute approximate surface area is 166 Å². The SMILES string of the molecule is CCCn1c(C)cc(C=CC(=O)NCc2cccc(NC(=O)C3CC3)c2)c1C. The summed E-state index contributed by atoms with van der Waals surface area (Å²) in [5, 5.41) is 5.84. The van der Waals surface area contributed by atoms with Crippen molar-refractivity contribution in [3.05, 3.63) is 58.9 Å². The van der Waals surface area contributed by atoms with Crippen LogP contribution in [0.5, 0.6) is 0 Å². The third-order valence-electron chi connectivity index (χ3n) is 5.08. The highest BCUT2D eigenvalue weighted by atomic mass is 16.2. The molecule has 0 atom stereocenters. The van der Waals surface area contributed by atoms with Crippen LogP contribution < -0.4 is 10.6 Å². The third-order valence-corrected chi connectivity index (χ3v) is 5.08. The van der Waals surface area contributed by atoms with Crippen LogP contribution in [0.25, 0.3) is 6.08 Å². The van der Waals surface area contributed by atoms with Crippen molar-refractivity contribution in [3.63, 3.8) is 0 Å². The molecule has 0 bridgehead atoms. The number of rotatable bonds is 8. The van der Waals surface area contributed by atoms with Crippen molar-refractivity contribution in [3.8, 4) is 0 Å². The maximum Gasteiger partial charge on any atom is 0.244 e. The number of nitrogens with zero attached hydrogens (tertiary/aromatic N) is 1. The zero-order valence-electron chi connectivity index (χ0n) is 16.9. The molecule has 28 heavy (non-hydrogen) atoms. The molecule has 5 nitrogen and oxygen atoms in total. The van der Waals surface area contributed by atoms with Gasteiger partial charge >= 0.3 is 0 Å². The van der Waals surface area contributed by atoms with Gasteiger partial charge in [-0.1, -0.05) is 19.1 Å². The van der Waals surface area contributed by atoms with E-state index in [1.807, 2.05) is 30.3 Å². The number of amides is 2. The number of hydrogen-bond donors (Lipinski definition) is 2. The number of carbonyl (C=O) groups is 2. The topological polar surface area (TPSA) is 63.1 Å². The van der Waals surface area contributed by atoms with Gasteiger partial charge in [0.15, 0.2) is 0 Å². The van der Waals surface area contributed by atoms with Crippen molar-refractivity contribution in [2.45, 2.75) is 53.1 Å². The Morgan fingerprint density at radius 1 is 1.21 bits per heavy atom. The fourth-order valence-electron chi connectivity index (χ4n) is 3.33. The number of carbonyl (C=O) groups excluding carboxylic acids is 2. The molecular formula is C23H29N3O2. The lowest BCUT2D eigenvalue weighted by Crippen LogP contribution is -2.20. The number of aryl methyl sites for hydroxylation is 1. The average molecular weight is 380 g/mol. The molecular weight excluding hydrogens is 350 g/mol. The molecule has 1 aliphatic rings. The number of anilines is 1. The summed E-state index contributed by atoms with van der Waals surface area (Å²) < 4.78 is 2.28. The van der Waals surface area contributed by atoms with Crippen molar-refractivity contribution >= 4 is 23.6 Å². The molecule has 0 saturated heterocycles. The minimum absolute atomic E-state index is 0.0878. The van der Waals surface area contributed by atoms with Gasteiger partial charge in [0, 0.05) is 42.2 Å². The summed E-state index contributed by atoms with van der Waals surface area (Å²) in [7, 11) is 0. The van der Waals surface area contributed by atoms with Gasteiger partial charge < -0.3 is 15.2 Å². The molecule has 2 amide bonds. The first-order chi connectivity index (χ1) is 13.5. The van der Waals surface area contributed by atoms with Gasteiger partial charge in [-0.15, -0.1) is 0 Å². The van der Waals surface area contributed by atoms with E-state index in [0.29, 0.717) is 6.54 Å². The first-order valence-corrected chi connectivity index (χ1v) is 10.0. The highest BCUT2D eigenvalue weighted by molar-refractivity contribution is 5.94. The molecule has 148 valence electrons. The van der Waals surface area contributed by atoms with Crippen LogP contribution in [0.1, 0.15) is 48.7 Å². The van der Waals surface area contributed by atoms with Crippen LogP contribution in [-0.4, -0.2) is 16.4 Å². The summed E-state index contributed by atoms with van der Waals surface area (Å²) in [5.74, 6) is 0.130. The highest BCUT2D eigenvalue weighted by Gasteiger charge is 2.29. The highest BCUT2D eigenvalue weighted by Crippen LogP contribution is 2.30. The van der Waals surface area contributed by atoms with E-state index in [2.05, 4.69) is 42.0 Å². The van der Waals surface area contributed by atoms with E-state index in [1.54, 1.807) is 6.08 Å². The van der Waals surface area contributed by atoms with Crippen LogP contribution in [0, 0.1) is 19.8 Å². The number of benzene rings is 1. The third kappa shape index (κ3) is 5.12. The smallest absolute Gasteiger partial charge is 0.244 e. The minimum atomic E-state index is -0.132. The Bertz CT molecular complexity index is 891. The van der Waals surface area contributed by atoms with Crippen LogP contribution in [0.15, 0.2) is 36.4 Å². The van der Waals surface area contributed by atoms with Gasteiger partial charge in [-0.25, -0.2) is 0 Å². The maximum atomic E-state index is 12.2. The molecule has 0 unspecified atom stereocenters. The summed E-state index contributed by atoms with van der Waals surface area (Å²) in [6.45, 7) is 7.75. The van der Waals surface area contributed by atoms with Gasteiger partial charge in [-0.3, -0.25) is 9.59 Å². The summed E-state index contributed by atoms with van der Waals surface area (Å²) in [6, 6.07) is 9.72. The van der Waals surface area contributed by atoms with Crippen LogP contribution in [0.2, 0.25) is 0 Å². The molecule has 2 aromatic rings. The summed E-state index contributed by atoms with van der Waals surface area (Å²) >= 11 is 0. The molecule has 0 radical (unpaired) electrons. The van der Waals surface area contributed by atoms with Crippen LogP contribution >= 0.6 is 0 Å². The Morgan fingerprint density at radius 3 is 2.71 bits per heavy atom. The number of aromatic nitrogens is 1. The monoisotopic (exact) mass is 379 g/mol. The van der Waals surface area contributed by atoms with Gasteiger partial charge in [-0.05, 0) is 68.5 Å². The van der Waals surface area contributed by atoms with Crippen molar-refractivity contribution < 1.29 is 9.59 Å². The molecule has 3 rings (SSSR count). The van der Waals surface area contributed by atoms with E-state index in [4.69, 9.17) is 0 Å². The molecule has 1 aromatic carbocycles. The molecule has 0 spiro atoms. The summed E-state index contributed by atoms with van der Waals surface area (Å²) in [5.41, 5.74) is 5.21. The van der Waals surface area contributed by atoms with E-state index in [-0.39, 0.29) is 17.7 Å². The molecule has 1 saturated carbocycles. The second kappa shape index (κ2) is 8.91. The van der Waals surface area contributed by atoms with Crippen molar-refractivity contribution in [2.24, 2.45) is 5.92 Å². The van der Waals surface area contributed by atoms with E-state index in [1.165, 1.54) is 11.4 Å². The van der Waals surface area contributed by atoms with Crippen LogP contribution in [0.4, 0.5) is 5.69 Å². The van der Waals surface area contributed by atoms with Gasteiger partial charge in [0.2, 0.25) is 11.8 Å². The van der Waals surface area contributed by atoms with Crippen molar-refractivity contribution in [1.82, 2.24) is 9.88 Å². The fourth-order valence-corrected chi connectivity index (χ4v) is 3.33. The lowest BCUT2D eigenvalue weighted by atomic mass is 10.2.